The molecule has 1 aromatic heterocycles. The van der Waals surface area contributed by atoms with Crippen LogP contribution in [0.1, 0.15) is 6.42 Å². The molecule has 1 aromatic rings. The monoisotopic (exact) mass is 139 g/mol. The molecule has 0 spiro atoms. The predicted molar refractivity (Wildman–Crippen MR) is 39.8 cm³/mol. The van der Waals surface area contributed by atoms with E-state index in [0.29, 0.717) is 0 Å². The van der Waals surface area contributed by atoms with Crippen molar-refractivity contribution in [2.45, 2.75) is 18.0 Å². The van der Waals surface area contributed by atoms with Crippen LogP contribution in [0.15, 0.2) is 23.4 Å². The fourth-order valence-corrected chi connectivity index (χ4v) is 2.10. The van der Waals surface area contributed by atoms with Crippen LogP contribution in [0.5, 0.6) is 0 Å². The summed E-state index contributed by atoms with van der Waals surface area (Å²) in [5.74, 6) is 1.30. The normalized spacial score (nSPS) is 17.3. The highest BCUT2D eigenvalue weighted by atomic mass is 32.2. The van der Waals surface area contributed by atoms with Gasteiger partial charge in [-0.3, -0.25) is 0 Å². The number of aromatic nitrogens is 1. The Morgan fingerprint density at radius 1 is 1.56 bits per heavy atom. The van der Waals surface area contributed by atoms with Crippen molar-refractivity contribution in [1.29, 1.82) is 0 Å². The molecule has 0 saturated carbocycles. The van der Waals surface area contributed by atoms with Crippen LogP contribution in [0.2, 0.25) is 0 Å². The van der Waals surface area contributed by atoms with Gasteiger partial charge in [0.2, 0.25) is 0 Å². The van der Waals surface area contributed by atoms with Gasteiger partial charge < -0.3 is 4.57 Å². The van der Waals surface area contributed by atoms with Gasteiger partial charge in [-0.25, -0.2) is 0 Å². The molecular formula is C7H9NS. The largest absolute Gasteiger partial charge is 0.343 e. The van der Waals surface area contributed by atoms with Gasteiger partial charge >= 0.3 is 0 Å². The van der Waals surface area contributed by atoms with E-state index in [1.54, 1.807) is 0 Å². The lowest BCUT2D eigenvalue weighted by Gasteiger charge is -2.13. The second-order valence-electron chi connectivity index (χ2n) is 2.24. The van der Waals surface area contributed by atoms with E-state index in [9.17, 15) is 0 Å². The molecule has 1 nitrogen and oxygen atoms in total. The Labute approximate surface area is 59.1 Å². The smallest absolute Gasteiger partial charge is 0.0747 e. The molecule has 0 N–H and O–H groups in total. The minimum Gasteiger partial charge on any atom is -0.343 e. The van der Waals surface area contributed by atoms with Crippen molar-refractivity contribution in [3.8, 4) is 0 Å². The molecule has 0 atom stereocenters. The topological polar surface area (TPSA) is 4.93 Å². The third kappa shape index (κ3) is 0.874. The van der Waals surface area contributed by atoms with Crippen LogP contribution in [0, 0.1) is 0 Å². The van der Waals surface area contributed by atoms with E-state index in [1.165, 1.54) is 23.7 Å². The van der Waals surface area contributed by atoms with Crippen molar-refractivity contribution >= 4 is 11.8 Å². The Hall–Kier alpha value is -0.370. The highest BCUT2D eigenvalue weighted by molar-refractivity contribution is 7.99. The first kappa shape index (κ1) is 5.42. The molecule has 0 aromatic carbocycles. The van der Waals surface area contributed by atoms with Gasteiger partial charge in [0, 0.05) is 18.5 Å². The molecule has 0 unspecified atom stereocenters. The van der Waals surface area contributed by atoms with Gasteiger partial charge in [-0.05, 0) is 18.6 Å². The molecule has 1 aliphatic rings. The molecular weight excluding hydrogens is 130 g/mol. The van der Waals surface area contributed by atoms with Crippen molar-refractivity contribution in [2.24, 2.45) is 0 Å². The van der Waals surface area contributed by atoms with Crippen LogP contribution in [0.25, 0.3) is 0 Å². The van der Waals surface area contributed by atoms with E-state index >= 15 is 0 Å². The number of rotatable bonds is 0. The Balaban J connectivity index is 2.39. The van der Waals surface area contributed by atoms with E-state index in [1.807, 2.05) is 11.8 Å². The van der Waals surface area contributed by atoms with E-state index < -0.39 is 0 Å². The predicted octanol–water partition coefficient (Wildman–Crippen LogP) is 1.98. The van der Waals surface area contributed by atoms with Gasteiger partial charge in [0.15, 0.2) is 0 Å². The zero-order valence-electron chi connectivity index (χ0n) is 5.21. The number of hydrogen-bond donors (Lipinski definition) is 0. The molecule has 0 saturated heterocycles. The van der Waals surface area contributed by atoms with Crippen LogP contribution < -0.4 is 0 Å². The molecule has 0 fully saturated rings. The molecule has 0 bridgehead atoms. The van der Waals surface area contributed by atoms with Crippen molar-refractivity contribution in [3.05, 3.63) is 18.3 Å². The van der Waals surface area contributed by atoms with Crippen LogP contribution in [-0.2, 0) is 6.54 Å². The fourth-order valence-electron chi connectivity index (χ4n) is 1.13. The van der Waals surface area contributed by atoms with Crippen LogP contribution >= 0.6 is 11.8 Å². The van der Waals surface area contributed by atoms with Crippen molar-refractivity contribution in [3.63, 3.8) is 0 Å². The summed E-state index contributed by atoms with van der Waals surface area (Å²) >= 11 is 1.96. The molecule has 48 valence electrons. The maximum Gasteiger partial charge on any atom is 0.0747 e. The zero-order chi connectivity index (χ0) is 6.10. The summed E-state index contributed by atoms with van der Waals surface area (Å²) in [6.45, 7) is 1.22. The lowest BCUT2D eigenvalue weighted by molar-refractivity contribution is 0.623. The number of thioether (sulfide) groups is 1. The summed E-state index contributed by atoms with van der Waals surface area (Å²) in [5, 5.41) is 1.43. The van der Waals surface area contributed by atoms with Crippen LogP contribution in [0.4, 0.5) is 0 Å². The van der Waals surface area contributed by atoms with Gasteiger partial charge in [-0.15, -0.1) is 11.8 Å². The second-order valence-corrected chi connectivity index (χ2v) is 3.36. The molecule has 9 heavy (non-hydrogen) atoms. The summed E-state index contributed by atoms with van der Waals surface area (Å²) in [7, 11) is 0. The first-order valence-corrected chi connectivity index (χ1v) is 4.23. The lowest BCUT2D eigenvalue weighted by Crippen LogP contribution is -2.04. The quantitative estimate of drug-likeness (QED) is 0.532. The minimum atomic E-state index is 1.22. The van der Waals surface area contributed by atoms with Crippen molar-refractivity contribution in [2.75, 3.05) is 5.75 Å². The van der Waals surface area contributed by atoms with E-state index in [0.717, 1.165) is 0 Å². The third-order valence-corrected chi connectivity index (χ3v) is 2.74. The highest BCUT2D eigenvalue weighted by Crippen LogP contribution is 2.24. The first-order chi connectivity index (χ1) is 4.47. The SMILES string of the molecule is c1cc2n(c1)CCCS2. The number of hydrogen-bond acceptors (Lipinski definition) is 1. The summed E-state index contributed by atoms with van der Waals surface area (Å²) < 4.78 is 2.31. The van der Waals surface area contributed by atoms with E-state index in [4.69, 9.17) is 0 Å². The van der Waals surface area contributed by atoms with Gasteiger partial charge in [0.25, 0.3) is 0 Å². The van der Waals surface area contributed by atoms with Crippen LogP contribution in [0.3, 0.4) is 0 Å². The zero-order valence-corrected chi connectivity index (χ0v) is 6.03. The number of fused-ring (bicyclic) bond motifs is 1. The van der Waals surface area contributed by atoms with Crippen LogP contribution in [-0.4, -0.2) is 10.3 Å². The molecule has 2 heteroatoms. The average Bonchev–Trinajstić information content (AvgIpc) is 2.33. The minimum absolute atomic E-state index is 1.22. The summed E-state index contributed by atoms with van der Waals surface area (Å²) in [5.41, 5.74) is 0. The molecule has 1 aliphatic heterocycles. The number of aryl methyl sites for hydroxylation is 1. The number of nitrogens with zero attached hydrogens (tertiary/aromatic N) is 1. The Bertz CT molecular complexity index is 184. The third-order valence-electron chi connectivity index (χ3n) is 1.58. The fraction of sp³-hybridized carbons (Fsp3) is 0.429. The maximum absolute atomic E-state index is 2.31. The highest BCUT2D eigenvalue weighted by Gasteiger charge is 2.05. The van der Waals surface area contributed by atoms with Gasteiger partial charge in [0.1, 0.15) is 0 Å². The molecule has 2 heterocycles. The summed E-state index contributed by atoms with van der Waals surface area (Å²) in [6.07, 6.45) is 3.48. The Morgan fingerprint density at radius 2 is 2.56 bits per heavy atom. The molecule has 2 rings (SSSR count). The van der Waals surface area contributed by atoms with Gasteiger partial charge in [-0.2, -0.15) is 0 Å². The van der Waals surface area contributed by atoms with Gasteiger partial charge in [0.05, 0.1) is 5.03 Å². The molecule has 0 amide bonds. The van der Waals surface area contributed by atoms with E-state index in [2.05, 4.69) is 22.9 Å². The standard InChI is InChI=1S/C7H9NS/c1-3-7-8(4-1)5-2-6-9-7/h1,3-4H,2,5-6H2. The van der Waals surface area contributed by atoms with Crippen molar-refractivity contribution in [1.82, 2.24) is 4.57 Å². The van der Waals surface area contributed by atoms with E-state index in [-0.39, 0.29) is 0 Å². The summed E-state index contributed by atoms with van der Waals surface area (Å²) in [4.78, 5) is 0. The lowest BCUT2D eigenvalue weighted by atomic mass is 10.5. The molecule has 0 radical (unpaired) electrons. The maximum atomic E-state index is 2.31. The van der Waals surface area contributed by atoms with Gasteiger partial charge in [-0.1, -0.05) is 0 Å². The van der Waals surface area contributed by atoms with Crippen molar-refractivity contribution < 1.29 is 0 Å². The summed E-state index contributed by atoms with van der Waals surface area (Å²) in [6, 6.07) is 4.30. The average molecular weight is 139 g/mol. The second kappa shape index (κ2) is 2.10. The molecule has 0 aliphatic carbocycles. The first-order valence-electron chi connectivity index (χ1n) is 3.25. The Morgan fingerprint density at radius 3 is 3.44 bits per heavy atom. The Kier molecular flexibility index (Phi) is 1.27.